The maximum Gasteiger partial charge on any atom is 0.389 e. The third kappa shape index (κ3) is 9.39. The average Bonchev–Trinajstić information content (AvgIpc) is 3.64. The van der Waals surface area contributed by atoms with Crippen molar-refractivity contribution in [2.75, 3.05) is 6.61 Å². The average molecular weight is 699 g/mol. The fraction of sp³-hybridized carbons (Fsp3) is 0.656. The van der Waals surface area contributed by atoms with Gasteiger partial charge in [-0.25, -0.2) is 18.4 Å². The van der Waals surface area contributed by atoms with Crippen LogP contribution in [0.2, 0.25) is 25.7 Å². The van der Waals surface area contributed by atoms with Gasteiger partial charge in [-0.05, 0) is 73.3 Å². The maximum atomic E-state index is 14.8. The zero-order valence-corrected chi connectivity index (χ0v) is 28.6. The zero-order chi connectivity index (χ0) is 34.9. The van der Waals surface area contributed by atoms with E-state index in [1.807, 2.05) is 6.07 Å². The lowest BCUT2D eigenvalue weighted by atomic mass is 9.81. The summed E-state index contributed by atoms with van der Waals surface area (Å²) in [5.74, 6) is -4.51. The number of rotatable bonds is 14. The van der Waals surface area contributed by atoms with Crippen LogP contribution in [0.25, 0.3) is 11.0 Å². The Labute approximate surface area is 276 Å². The molecular weight excluding hydrogens is 655 g/mol. The first-order chi connectivity index (χ1) is 22.5. The van der Waals surface area contributed by atoms with Crippen molar-refractivity contribution in [1.82, 2.24) is 30.5 Å². The van der Waals surface area contributed by atoms with E-state index in [9.17, 15) is 31.5 Å². The number of fused-ring (bicyclic) bond motifs is 1. The highest BCUT2D eigenvalue weighted by molar-refractivity contribution is 6.76. The molecule has 2 fully saturated rings. The number of amides is 2. The first-order valence-electron chi connectivity index (χ1n) is 16.4. The van der Waals surface area contributed by atoms with E-state index in [1.54, 1.807) is 23.6 Å². The summed E-state index contributed by atoms with van der Waals surface area (Å²) < 4.78 is 80.7. The number of carbonyl (C=O) groups excluding carboxylic acids is 2. The molecule has 0 radical (unpaired) electrons. The molecular formula is C32H43F5N6O4Si. The number of benzene rings is 1. The number of nitrogens with one attached hydrogen (secondary N) is 2. The van der Waals surface area contributed by atoms with Gasteiger partial charge in [0.15, 0.2) is 5.69 Å². The fourth-order valence-electron chi connectivity index (χ4n) is 6.20. The topological polar surface area (TPSA) is 124 Å². The first-order valence-corrected chi connectivity index (χ1v) is 20.1. The van der Waals surface area contributed by atoms with Crippen LogP contribution in [0.4, 0.5) is 22.0 Å². The summed E-state index contributed by atoms with van der Waals surface area (Å²) in [5, 5.41) is 13.1. The Balaban J connectivity index is 1.53. The molecule has 0 aliphatic heterocycles. The Kier molecular flexibility index (Phi) is 10.6. The number of halogens is 5. The number of aromatic nitrogens is 4. The summed E-state index contributed by atoms with van der Waals surface area (Å²) >= 11 is 0. The summed E-state index contributed by atoms with van der Waals surface area (Å²) in [4.78, 5) is 30.9. The van der Waals surface area contributed by atoms with Crippen molar-refractivity contribution in [1.29, 1.82) is 0 Å². The number of hydrogen-bond donors (Lipinski definition) is 2. The molecule has 48 heavy (non-hydrogen) atoms. The van der Waals surface area contributed by atoms with Crippen molar-refractivity contribution in [2.45, 2.75) is 115 Å². The summed E-state index contributed by atoms with van der Waals surface area (Å²) in [6.45, 7) is 8.69. The third-order valence-corrected chi connectivity index (χ3v) is 10.7. The molecule has 2 aliphatic rings. The van der Waals surface area contributed by atoms with Gasteiger partial charge < -0.3 is 19.9 Å². The van der Waals surface area contributed by atoms with Crippen LogP contribution in [0.15, 0.2) is 22.8 Å². The second-order valence-corrected chi connectivity index (χ2v) is 20.0. The number of carbonyl (C=O) groups is 2. The van der Waals surface area contributed by atoms with Gasteiger partial charge in [-0.1, -0.05) is 30.9 Å². The van der Waals surface area contributed by atoms with Crippen molar-refractivity contribution >= 4 is 30.9 Å². The van der Waals surface area contributed by atoms with E-state index in [4.69, 9.17) is 14.3 Å². The molecule has 2 N–H and O–H groups in total. The van der Waals surface area contributed by atoms with Gasteiger partial charge >= 0.3 is 6.18 Å². The van der Waals surface area contributed by atoms with Crippen molar-refractivity contribution < 1.29 is 40.9 Å². The third-order valence-electron chi connectivity index (χ3n) is 9.01. The van der Waals surface area contributed by atoms with Gasteiger partial charge in [-0.2, -0.15) is 13.2 Å². The summed E-state index contributed by atoms with van der Waals surface area (Å²) in [7, 11) is -1.46. The van der Waals surface area contributed by atoms with E-state index in [1.165, 1.54) is 0 Å². The van der Waals surface area contributed by atoms with Crippen molar-refractivity contribution in [3.8, 4) is 0 Å². The van der Waals surface area contributed by atoms with Crippen LogP contribution in [-0.2, 0) is 16.3 Å². The van der Waals surface area contributed by atoms with Crippen molar-refractivity contribution in [2.24, 2.45) is 11.8 Å². The lowest BCUT2D eigenvalue weighted by Crippen LogP contribution is -2.40. The Morgan fingerprint density at radius 1 is 1.10 bits per heavy atom. The number of ether oxygens (including phenoxy) is 1. The van der Waals surface area contributed by atoms with E-state index in [0.717, 1.165) is 18.9 Å². The van der Waals surface area contributed by atoms with Crippen LogP contribution in [0.5, 0.6) is 0 Å². The van der Waals surface area contributed by atoms with Crippen LogP contribution in [0, 0.1) is 18.8 Å². The predicted octanol–water partition coefficient (Wildman–Crippen LogP) is 7.25. The molecule has 2 amide bonds. The minimum atomic E-state index is -4.44. The highest BCUT2D eigenvalue weighted by atomic mass is 28.3. The van der Waals surface area contributed by atoms with Gasteiger partial charge in [0.2, 0.25) is 11.8 Å². The van der Waals surface area contributed by atoms with Gasteiger partial charge in [0, 0.05) is 33.9 Å². The molecule has 10 nitrogen and oxygen atoms in total. The quantitative estimate of drug-likeness (QED) is 0.103. The van der Waals surface area contributed by atoms with Crippen LogP contribution in [0.1, 0.15) is 91.0 Å². The molecule has 1 aromatic carbocycles. The number of nitrogens with zero attached hydrogens (tertiary/aromatic N) is 4. The van der Waals surface area contributed by atoms with Gasteiger partial charge in [-0.3, -0.25) is 9.59 Å². The SMILES string of the molecule is Cc1nonc1C(=O)N[C@H](c1nc2ccc([C@H](NC(=O)CCC(F)(F)F)C3CC3)cc2n1COCC[Si](C)(C)C)[C@@H]1CCCC(F)(F)C1. The Morgan fingerprint density at radius 3 is 2.48 bits per heavy atom. The van der Waals surface area contributed by atoms with Crippen LogP contribution >= 0.6 is 0 Å². The summed E-state index contributed by atoms with van der Waals surface area (Å²) in [6, 6.07) is 4.75. The number of hydrogen-bond acceptors (Lipinski definition) is 7. The van der Waals surface area contributed by atoms with Crippen LogP contribution in [-0.4, -0.2) is 58.5 Å². The molecule has 2 aliphatic carbocycles. The second kappa shape index (κ2) is 14.2. The van der Waals surface area contributed by atoms with Crippen molar-refractivity contribution in [3.63, 3.8) is 0 Å². The highest BCUT2D eigenvalue weighted by Crippen LogP contribution is 2.44. The fourth-order valence-corrected chi connectivity index (χ4v) is 6.96. The van der Waals surface area contributed by atoms with Crippen LogP contribution in [0.3, 0.4) is 0 Å². The van der Waals surface area contributed by atoms with Crippen molar-refractivity contribution in [3.05, 3.63) is 41.0 Å². The first kappa shape index (κ1) is 35.9. The smallest absolute Gasteiger partial charge is 0.361 e. The van der Waals surface area contributed by atoms with E-state index < -0.39 is 69.3 Å². The largest absolute Gasteiger partial charge is 0.389 e. The molecule has 2 aromatic heterocycles. The predicted molar refractivity (Wildman–Crippen MR) is 169 cm³/mol. The zero-order valence-electron chi connectivity index (χ0n) is 27.6. The second-order valence-electron chi connectivity index (χ2n) is 14.4. The molecule has 0 spiro atoms. The molecule has 16 heteroatoms. The minimum absolute atomic E-state index is 0.0197. The van der Waals surface area contributed by atoms with Crippen LogP contribution < -0.4 is 10.6 Å². The summed E-state index contributed by atoms with van der Waals surface area (Å²) in [5.41, 5.74) is 1.98. The number of alkyl halides is 5. The number of imidazole rings is 1. The monoisotopic (exact) mass is 698 g/mol. The normalized spacial score (nSPS) is 19.6. The molecule has 2 saturated carbocycles. The minimum Gasteiger partial charge on any atom is -0.361 e. The molecule has 2 heterocycles. The lowest BCUT2D eigenvalue weighted by molar-refractivity contribution is -0.144. The maximum absolute atomic E-state index is 14.8. The number of aryl methyl sites for hydroxylation is 1. The van der Waals surface area contributed by atoms with E-state index >= 15 is 0 Å². The van der Waals surface area contributed by atoms with Gasteiger partial charge in [0.1, 0.15) is 18.2 Å². The molecule has 3 atom stereocenters. The standard InChI is InChI=1S/C32H43F5N6O4Si/c1-19-26(42-47-41-19)30(45)40-28(22-6-5-12-31(33,34)17-22)29-38-23-10-9-21(16-24(23)43(29)18-46-14-15-48(2,3)4)27(20-7-8-20)39-25(44)11-13-32(35,36)37/h9-10,16,20,22,27-28H,5-8,11-15,17-18H2,1-4H3,(H,39,44)(H,40,45)/t22-,27-,28+/m1/s1. The van der Waals surface area contributed by atoms with Gasteiger partial charge in [0.05, 0.1) is 29.5 Å². The Morgan fingerprint density at radius 2 is 1.85 bits per heavy atom. The molecule has 0 bridgehead atoms. The Bertz CT molecular complexity index is 1600. The van der Waals surface area contributed by atoms with E-state index in [0.29, 0.717) is 35.4 Å². The lowest BCUT2D eigenvalue weighted by Gasteiger charge is -2.34. The Hall–Kier alpha value is -3.40. The molecule has 0 saturated heterocycles. The molecule has 264 valence electrons. The van der Waals surface area contributed by atoms with E-state index in [2.05, 4.69) is 40.6 Å². The molecule has 3 aromatic rings. The molecule has 5 rings (SSSR count). The molecule has 0 unspecified atom stereocenters. The van der Waals surface area contributed by atoms with E-state index in [-0.39, 0.29) is 36.9 Å². The van der Waals surface area contributed by atoms with Gasteiger partial charge in [0.25, 0.3) is 5.91 Å². The highest BCUT2D eigenvalue weighted by Gasteiger charge is 2.42. The summed E-state index contributed by atoms with van der Waals surface area (Å²) in [6.07, 6.45) is -4.70. The van der Waals surface area contributed by atoms with Gasteiger partial charge in [-0.15, -0.1) is 0 Å².